The lowest BCUT2D eigenvalue weighted by atomic mass is 9.93. The van der Waals surface area contributed by atoms with Gasteiger partial charge in [-0.25, -0.2) is 9.97 Å². The molecule has 0 radical (unpaired) electrons. The molecule has 3 aliphatic rings. The molecule has 2 aliphatic heterocycles. The van der Waals surface area contributed by atoms with Crippen LogP contribution in [0.15, 0.2) is 34.5 Å². The first kappa shape index (κ1) is 26.4. The van der Waals surface area contributed by atoms with Gasteiger partial charge in [0.25, 0.3) is 0 Å². The van der Waals surface area contributed by atoms with Gasteiger partial charge < -0.3 is 29.5 Å². The highest BCUT2D eigenvalue weighted by Crippen LogP contribution is 2.43. The standard InChI is InChI=1S/C28H40N8O2/c1-4-30-25-17-22(36-13-15-37-16-14-36)18-26(27(25)29-2)38-24-7-5-21(6-8-24)33-28-31-19-23(20-32-28)35-11-9-34(3)10-12-35/h4,17-21,24H,2,5-16H2,1,3H3,(H,31,32,33)/b30-4-/t21-,24+. The fraction of sp³-hybridized carbons (Fsp3) is 0.571. The number of ether oxygens (including phenoxy) is 2. The summed E-state index contributed by atoms with van der Waals surface area (Å²) in [5.74, 6) is 1.45. The van der Waals surface area contributed by atoms with E-state index in [1.165, 1.54) is 0 Å². The van der Waals surface area contributed by atoms with E-state index < -0.39 is 0 Å². The fourth-order valence-electron chi connectivity index (χ4n) is 5.38. The second-order valence-corrected chi connectivity index (χ2v) is 10.2. The molecule has 0 amide bonds. The van der Waals surface area contributed by atoms with Gasteiger partial charge in [-0.2, -0.15) is 0 Å². The van der Waals surface area contributed by atoms with Gasteiger partial charge in [-0.1, -0.05) is 0 Å². The Kier molecular flexibility index (Phi) is 8.70. The maximum absolute atomic E-state index is 6.55. The molecule has 1 aromatic heterocycles. The molecule has 0 spiro atoms. The summed E-state index contributed by atoms with van der Waals surface area (Å²) in [7, 11) is 2.16. The van der Waals surface area contributed by atoms with E-state index >= 15 is 0 Å². The SMILES string of the molecule is C=Nc1c(/N=C\C)cc(N2CCOCC2)cc1O[C@H]1CC[C@@H](Nc2ncc(N3CCN(C)CC3)cn2)CC1. The van der Waals surface area contributed by atoms with Gasteiger partial charge in [-0.05, 0) is 52.4 Å². The third-order valence-electron chi connectivity index (χ3n) is 7.65. The smallest absolute Gasteiger partial charge is 0.222 e. The summed E-state index contributed by atoms with van der Waals surface area (Å²) in [4.78, 5) is 25.1. The molecule has 0 unspecified atom stereocenters. The lowest BCUT2D eigenvalue weighted by Crippen LogP contribution is -2.44. The van der Waals surface area contributed by atoms with Crippen LogP contribution in [0.2, 0.25) is 0 Å². The summed E-state index contributed by atoms with van der Waals surface area (Å²) < 4.78 is 12.1. The van der Waals surface area contributed by atoms with Crippen LogP contribution in [-0.4, -0.2) is 99.5 Å². The van der Waals surface area contributed by atoms with Crippen molar-refractivity contribution in [2.24, 2.45) is 9.98 Å². The van der Waals surface area contributed by atoms with Crippen molar-refractivity contribution in [2.75, 3.05) is 74.6 Å². The third kappa shape index (κ3) is 6.42. The number of aliphatic imine (C=N–C) groups is 2. The lowest BCUT2D eigenvalue weighted by molar-refractivity contribution is 0.122. The number of piperazine rings is 1. The molecule has 2 saturated heterocycles. The van der Waals surface area contributed by atoms with Crippen molar-refractivity contribution in [3.8, 4) is 5.75 Å². The number of hydrogen-bond acceptors (Lipinski definition) is 10. The van der Waals surface area contributed by atoms with Gasteiger partial charge in [0.2, 0.25) is 5.95 Å². The van der Waals surface area contributed by atoms with E-state index in [0.717, 1.165) is 101 Å². The Bertz CT molecular complexity index is 1090. The maximum Gasteiger partial charge on any atom is 0.222 e. The van der Waals surface area contributed by atoms with Gasteiger partial charge in [0.05, 0.1) is 43.1 Å². The molecule has 3 heterocycles. The molecule has 0 bridgehead atoms. The molecular formula is C28H40N8O2. The normalized spacial score (nSPS) is 23.0. The van der Waals surface area contributed by atoms with E-state index in [1.807, 2.05) is 19.3 Å². The Balaban J connectivity index is 1.19. The van der Waals surface area contributed by atoms with Gasteiger partial charge in [0.15, 0.2) is 0 Å². The van der Waals surface area contributed by atoms with Gasteiger partial charge in [-0.3, -0.25) is 9.98 Å². The summed E-state index contributed by atoms with van der Waals surface area (Å²) in [6.45, 7) is 13.0. The number of likely N-dealkylation sites (N-methyl/N-ethyl adjacent to an activating group) is 1. The summed E-state index contributed by atoms with van der Waals surface area (Å²) in [6.07, 6.45) is 9.67. The molecular weight excluding hydrogens is 480 g/mol. The third-order valence-corrected chi connectivity index (χ3v) is 7.65. The van der Waals surface area contributed by atoms with E-state index in [-0.39, 0.29) is 6.10 Å². The Hall–Kier alpha value is -3.24. The summed E-state index contributed by atoms with van der Waals surface area (Å²) >= 11 is 0. The molecule has 1 aromatic carbocycles. The van der Waals surface area contributed by atoms with E-state index in [1.54, 1.807) is 6.21 Å². The molecule has 5 rings (SSSR count). The molecule has 1 saturated carbocycles. The van der Waals surface area contributed by atoms with E-state index in [0.29, 0.717) is 17.7 Å². The number of morpholine rings is 1. The van der Waals surface area contributed by atoms with Crippen LogP contribution in [0, 0.1) is 0 Å². The van der Waals surface area contributed by atoms with Crippen molar-refractivity contribution >= 4 is 41.6 Å². The summed E-state index contributed by atoms with van der Waals surface area (Å²) in [5, 5.41) is 3.53. The Morgan fingerprint density at radius 2 is 1.66 bits per heavy atom. The number of rotatable bonds is 8. The minimum Gasteiger partial charge on any atom is -0.488 e. The topological polar surface area (TPSA) is 90.7 Å². The number of nitrogens with one attached hydrogen (secondary N) is 1. The van der Waals surface area contributed by atoms with Crippen LogP contribution in [0.3, 0.4) is 0 Å². The number of nitrogens with zero attached hydrogens (tertiary/aromatic N) is 7. The van der Waals surface area contributed by atoms with Crippen molar-refractivity contribution < 1.29 is 9.47 Å². The quantitative estimate of drug-likeness (QED) is 0.524. The van der Waals surface area contributed by atoms with E-state index in [4.69, 9.17) is 9.47 Å². The van der Waals surface area contributed by atoms with E-state index in [9.17, 15) is 0 Å². The van der Waals surface area contributed by atoms with Gasteiger partial charge in [-0.15, -0.1) is 0 Å². The molecule has 10 heteroatoms. The molecule has 204 valence electrons. The van der Waals surface area contributed by atoms with Crippen LogP contribution in [0.25, 0.3) is 0 Å². The second kappa shape index (κ2) is 12.5. The van der Waals surface area contributed by atoms with Crippen molar-refractivity contribution in [3.63, 3.8) is 0 Å². The van der Waals surface area contributed by atoms with Crippen LogP contribution >= 0.6 is 0 Å². The van der Waals surface area contributed by atoms with Crippen molar-refractivity contribution in [3.05, 3.63) is 24.5 Å². The lowest BCUT2D eigenvalue weighted by Gasteiger charge is -2.33. The zero-order valence-electron chi connectivity index (χ0n) is 22.7. The minimum atomic E-state index is 0.118. The molecule has 2 aromatic rings. The van der Waals surface area contributed by atoms with E-state index in [2.05, 4.69) is 65.9 Å². The van der Waals surface area contributed by atoms with Crippen molar-refractivity contribution in [2.45, 2.75) is 44.8 Å². The first-order valence-corrected chi connectivity index (χ1v) is 13.8. The van der Waals surface area contributed by atoms with Gasteiger partial charge in [0, 0.05) is 63.3 Å². The van der Waals surface area contributed by atoms with Crippen LogP contribution < -0.4 is 19.9 Å². The Morgan fingerprint density at radius 1 is 0.974 bits per heavy atom. The molecule has 3 fully saturated rings. The predicted molar refractivity (Wildman–Crippen MR) is 155 cm³/mol. The average Bonchev–Trinajstić information content (AvgIpc) is 2.95. The van der Waals surface area contributed by atoms with Gasteiger partial charge in [0.1, 0.15) is 11.4 Å². The second-order valence-electron chi connectivity index (χ2n) is 10.2. The minimum absolute atomic E-state index is 0.118. The first-order chi connectivity index (χ1) is 18.6. The number of anilines is 3. The maximum atomic E-state index is 6.55. The van der Waals surface area contributed by atoms with Crippen LogP contribution in [0.4, 0.5) is 28.7 Å². The predicted octanol–water partition coefficient (Wildman–Crippen LogP) is 3.92. The zero-order valence-corrected chi connectivity index (χ0v) is 22.7. The largest absolute Gasteiger partial charge is 0.488 e. The van der Waals surface area contributed by atoms with Gasteiger partial charge >= 0.3 is 0 Å². The summed E-state index contributed by atoms with van der Waals surface area (Å²) in [6, 6.07) is 4.49. The first-order valence-electron chi connectivity index (χ1n) is 13.8. The Labute approximate surface area is 225 Å². The molecule has 1 N–H and O–H groups in total. The Morgan fingerprint density at radius 3 is 2.32 bits per heavy atom. The fourth-order valence-corrected chi connectivity index (χ4v) is 5.38. The van der Waals surface area contributed by atoms with Crippen molar-refractivity contribution in [1.82, 2.24) is 14.9 Å². The summed E-state index contributed by atoms with van der Waals surface area (Å²) in [5.41, 5.74) is 3.67. The highest BCUT2D eigenvalue weighted by molar-refractivity contribution is 5.80. The molecule has 38 heavy (non-hydrogen) atoms. The number of aromatic nitrogens is 2. The molecule has 1 aliphatic carbocycles. The monoisotopic (exact) mass is 520 g/mol. The van der Waals surface area contributed by atoms with Crippen molar-refractivity contribution in [1.29, 1.82) is 0 Å². The molecule has 10 nitrogen and oxygen atoms in total. The number of hydrogen-bond donors (Lipinski definition) is 1. The van der Waals surface area contributed by atoms with Crippen LogP contribution in [0.5, 0.6) is 5.75 Å². The number of benzene rings is 1. The zero-order chi connectivity index (χ0) is 26.3. The average molecular weight is 521 g/mol. The highest BCUT2D eigenvalue weighted by Gasteiger charge is 2.25. The molecule has 0 atom stereocenters. The highest BCUT2D eigenvalue weighted by atomic mass is 16.5. The van der Waals surface area contributed by atoms with Crippen LogP contribution in [0.1, 0.15) is 32.6 Å². The van der Waals surface area contributed by atoms with Crippen LogP contribution in [-0.2, 0) is 4.74 Å².